The van der Waals surface area contributed by atoms with Gasteiger partial charge in [0.15, 0.2) is 0 Å². The maximum atomic E-state index is 5.62. The first kappa shape index (κ1) is 13.5. The summed E-state index contributed by atoms with van der Waals surface area (Å²) in [7, 11) is 1.67. The fourth-order valence-electron chi connectivity index (χ4n) is 2.01. The monoisotopic (exact) mass is 257 g/mol. The van der Waals surface area contributed by atoms with Gasteiger partial charge in [0.2, 0.25) is 0 Å². The molecule has 2 aromatic rings. The topological polar surface area (TPSA) is 60.2 Å². The van der Waals surface area contributed by atoms with Crippen LogP contribution in [0.4, 0.5) is 0 Å². The number of hydrogen-bond donors (Lipinski definition) is 2. The molecule has 0 saturated heterocycles. The number of aromatic nitrogens is 1. The SMILES string of the molecule is COc1ccc(CC(Cc2ccccn2)NN)cc1. The lowest BCUT2D eigenvalue weighted by molar-refractivity contribution is 0.414. The summed E-state index contributed by atoms with van der Waals surface area (Å²) in [4.78, 5) is 4.32. The molecule has 0 saturated carbocycles. The molecule has 0 aliphatic rings. The number of hydrazine groups is 1. The molecule has 19 heavy (non-hydrogen) atoms. The summed E-state index contributed by atoms with van der Waals surface area (Å²) in [6.45, 7) is 0. The van der Waals surface area contributed by atoms with Crippen molar-refractivity contribution in [3.8, 4) is 5.75 Å². The Bertz CT molecular complexity index is 485. The molecular weight excluding hydrogens is 238 g/mol. The van der Waals surface area contributed by atoms with E-state index in [0.29, 0.717) is 0 Å². The van der Waals surface area contributed by atoms with E-state index in [0.717, 1.165) is 24.3 Å². The molecule has 2 rings (SSSR count). The second kappa shape index (κ2) is 6.87. The Morgan fingerprint density at radius 3 is 2.53 bits per heavy atom. The molecule has 1 unspecified atom stereocenters. The summed E-state index contributed by atoms with van der Waals surface area (Å²) in [5.41, 5.74) is 5.12. The summed E-state index contributed by atoms with van der Waals surface area (Å²) in [6.07, 6.45) is 3.47. The highest BCUT2D eigenvalue weighted by molar-refractivity contribution is 5.27. The first-order valence-electron chi connectivity index (χ1n) is 6.31. The van der Waals surface area contributed by atoms with Crippen molar-refractivity contribution in [3.05, 3.63) is 59.9 Å². The maximum Gasteiger partial charge on any atom is 0.118 e. The first-order chi connectivity index (χ1) is 9.31. The summed E-state index contributed by atoms with van der Waals surface area (Å²) in [5.74, 6) is 6.49. The number of hydrogen-bond acceptors (Lipinski definition) is 4. The van der Waals surface area contributed by atoms with Gasteiger partial charge in [-0.05, 0) is 36.2 Å². The molecule has 100 valence electrons. The second-order valence-corrected chi connectivity index (χ2v) is 4.44. The van der Waals surface area contributed by atoms with E-state index < -0.39 is 0 Å². The van der Waals surface area contributed by atoms with Crippen molar-refractivity contribution >= 4 is 0 Å². The van der Waals surface area contributed by atoms with Gasteiger partial charge in [-0.1, -0.05) is 18.2 Å². The standard InChI is InChI=1S/C15H19N3O/c1-19-15-7-5-12(6-8-15)10-14(18-16)11-13-4-2-3-9-17-13/h2-9,14,18H,10-11,16H2,1H3. The van der Waals surface area contributed by atoms with Gasteiger partial charge in [0, 0.05) is 24.4 Å². The van der Waals surface area contributed by atoms with Crippen LogP contribution in [0.25, 0.3) is 0 Å². The summed E-state index contributed by atoms with van der Waals surface area (Å²) in [6, 6.07) is 14.1. The summed E-state index contributed by atoms with van der Waals surface area (Å²) >= 11 is 0. The Balaban J connectivity index is 1.98. The lowest BCUT2D eigenvalue weighted by Crippen LogP contribution is -2.38. The highest BCUT2D eigenvalue weighted by atomic mass is 16.5. The van der Waals surface area contributed by atoms with Crippen LogP contribution in [0.2, 0.25) is 0 Å². The van der Waals surface area contributed by atoms with E-state index in [1.807, 2.05) is 30.3 Å². The zero-order valence-electron chi connectivity index (χ0n) is 11.0. The van der Waals surface area contributed by atoms with Gasteiger partial charge in [0.05, 0.1) is 7.11 Å². The molecule has 0 aliphatic carbocycles. The third-order valence-electron chi connectivity index (χ3n) is 3.06. The van der Waals surface area contributed by atoms with Crippen LogP contribution in [0, 0.1) is 0 Å². The number of ether oxygens (including phenoxy) is 1. The number of pyridine rings is 1. The molecule has 0 bridgehead atoms. The number of rotatable bonds is 6. The highest BCUT2D eigenvalue weighted by Crippen LogP contribution is 2.13. The molecule has 1 heterocycles. The predicted molar refractivity (Wildman–Crippen MR) is 75.8 cm³/mol. The molecule has 0 fully saturated rings. The third kappa shape index (κ3) is 4.05. The molecule has 0 aliphatic heterocycles. The van der Waals surface area contributed by atoms with Gasteiger partial charge in [0.25, 0.3) is 0 Å². The van der Waals surface area contributed by atoms with E-state index in [4.69, 9.17) is 10.6 Å². The smallest absolute Gasteiger partial charge is 0.118 e. The van der Waals surface area contributed by atoms with E-state index in [-0.39, 0.29) is 6.04 Å². The van der Waals surface area contributed by atoms with Crippen LogP contribution in [0.3, 0.4) is 0 Å². The normalized spacial score (nSPS) is 12.1. The van der Waals surface area contributed by atoms with Crippen molar-refractivity contribution in [2.75, 3.05) is 7.11 Å². The van der Waals surface area contributed by atoms with Gasteiger partial charge < -0.3 is 4.74 Å². The molecule has 1 aromatic carbocycles. The summed E-state index contributed by atoms with van der Waals surface area (Å²) < 4.78 is 5.15. The van der Waals surface area contributed by atoms with Crippen molar-refractivity contribution in [2.24, 2.45) is 5.84 Å². The number of nitrogens with zero attached hydrogens (tertiary/aromatic N) is 1. The van der Waals surface area contributed by atoms with E-state index in [2.05, 4.69) is 22.5 Å². The van der Waals surface area contributed by atoms with Crippen molar-refractivity contribution in [1.29, 1.82) is 0 Å². The van der Waals surface area contributed by atoms with Crippen LogP contribution < -0.4 is 16.0 Å². The zero-order valence-corrected chi connectivity index (χ0v) is 11.0. The molecule has 4 nitrogen and oxygen atoms in total. The predicted octanol–water partition coefficient (Wildman–Crippen LogP) is 1.71. The first-order valence-corrected chi connectivity index (χ1v) is 6.31. The van der Waals surface area contributed by atoms with E-state index in [1.54, 1.807) is 13.3 Å². The van der Waals surface area contributed by atoms with E-state index >= 15 is 0 Å². The Labute approximate surface area is 113 Å². The molecule has 0 radical (unpaired) electrons. The number of methoxy groups -OCH3 is 1. The van der Waals surface area contributed by atoms with Crippen LogP contribution in [-0.2, 0) is 12.8 Å². The van der Waals surface area contributed by atoms with Crippen molar-refractivity contribution in [2.45, 2.75) is 18.9 Å². The molecule has 1 aromatic heterocycles. The highest BCUT2D eigenvalue weighted by Gasteiger charge is 2.09. The fourth-order valence-corrected chi connectivity index (χ4v) is 2.01. The van der Waals surface area contributed by atoms with Crippen LogP contribution in [0.1, 0.15) is 11.3 Å². The van der Waals surface area contributed by atoms with Crippen LogP contribution in [0.5, 0.6) is 5.75 Å². The lowest BCUT2D eigenvalue weighted by atomic mass is 10.0. The minimum Gasteiger partial charge on any atom is -0.497 e. The fraction of sp³-hybridized carbons (Fsp3) is 0.267. The zero-order chi connectivity index (χ0) is 13.5. The van der Waals surface area contributed by atoms with Crippen LogP contribution in [-0.4, -0.2) is 18.1 Å². The molecule has 4 heteroatoms. The van der Waals surface area contributed by atoms with E-state index in [9.17, 15) is 0 Å². The molecule has 0 spiro atoms. The van der Waals surface area contributed by atoms with Crippen molar-refractivity contribution < 1.29 is 4.74 Å². The van der Waals surface area contributed by atoms with Crippen LogP contribution >= 0.6 is 0 Å². The molecule has 1 atom stereocenters. The average Bonchev–Trinajstić information content (AvgIpc) is 2.48. The van der Waals surface area contributed by atoms with Crippen molar-refractivity contribution in [1.82, 2.24) is 10.4 Å². The summed E-state index contributed by atoms with van der Waals surface area (Å²) in [5, 5.41) is 0. The van der Waals surface area contributed by atoms with Gasteiger partial charge >= 0.3 is 0 Å². The maximum absolute atomic E-state index is 5.62. The second-order valence-electron chi connectivity index (χ2n) is 4.44. The third-order valence-corrected chi connectivity index (χ3v) is 3.06. The lowest BCUT2D eigenvalue weighted by Gasteiger charge is -2.15. The average molecular weight is 257 g/mol. The van der Waals surface area contributed by atoms with Gasteiger partial charge in [-0.15, -0.1) is 0 Å². The number of benzene rings is 1. The Morgan fingerprint density at radius 2 is 1.95 bits per heavy atom. The number of nitrogens with one attached hydrogen (secondary N) is 1. The van der Waals surface area contributed by atoms with E-state index in [1.165, 1.54) is 5.56 Å². The van der Waals surface area contributed by atoms with Gasteiger partial charge in [0.1, 0.15) is 5.75 Å². The molecule has 3 N–H and O–H groups in total. The minimum atomic E-state index is 0.170. The Morgan fingerprint density at radius 1 is 1.16 bits per heavy atom. The Kier molecular flexibility index (Phi) is 4.89. The molecular formula is C15H19N3O. The minimum absolute atomic E-state index is 0.170. The Hall–Kier alpha value is -1.91. The van der Waals surface area contributed by atoms with Crippen molar-refractivity contribution in [3.63, 3.8) is 0 Å². The van der Waals surface area contributed by atoms with Gasteiger partial charge in [-0.2, -0.15) is 0 Å². The van der Waals surface area contributed by atoms with Crippen LogP contribution in [0.15, 0.2) is 48.7 Å². The quantitative estimate of drug-likeness (QED) is 0.611. The largest absolute Gasteiger partial charge is 0.497 e. The van der Waals surface area contributed by atoms with Gasteiger partial charge in [-0.3, -0.25) is 16.3 Å². The van der Waals surface area contributed by atoms with Gasteiger partial charge in [-0.25, -0.2) is 0 Å². The molecule has 0 amide bonds. The number of nitrogens with two attached hydrogens (primary N) is 1.